The maximum atomic E-state index is 6.38. The van der Waals surface area contributed by atoms with Gasteiger partial charge in [0, 0.05) is 38.7 Å². The van der Waals surface area contributed by atoms with E-state index >= 15 is 0 Å². The fourth-order valence-electron chi connectivity index (χ4n) is 5.75. The molecule has 11 heteroatoms. The highest BCUT2D eigenvalue weighted by Gasteiger charge is 2.35. The molecule has 0 spiro atoms. The molecule has 0 aromatic carbocycles. The molecule has 0 amide bonds. The number of imidazole rings is 1. The van der Waals surface area contributed by atoms with Crippen molar-refractivity contribution >= 4 is 28.6 Å². The Bertz CT molecular complexity index is 1400. The van der Waals surface area contributed by atoms with Gasteiger partial charge in [0.25, 0.3) is 0 Å². The first kappa shape index (κ1) is 25.2. The van der Waals surface area contributed by atoms with Crippen molar-refractivity contribution < 1.29 is 14.0 Å². The zero-order chi connectivity index (χ0) is 26.2. The largest absolute Gasteiger partial charge is 0.377 e. The third-order valence-corrected chi connectivity index (χ3v) is 8.17. The first-order valence-corrected chi connectivity index (χ1v) is 13.5. The Hall–Kier alpha value is -3.08. The average molecular weight is 538 g/mol. The highest BCUT2D eigenvalue weighted by atomic mass is 35.5. The van der Waals surface area contributed by atoms with Crippen LogP contribution in [0, 0.1) is 11.8 Å². The van der Waals surface area contributed by atoms with Crippen molar-refractivity contribution in [1.29, 1.82) is 0 Å². The van der Waals surface area contributed by atoms with Crippen LogP contribution in [-0.2, 0) is 16.0 Å². The Morgan fingerprint density at radius 1 is 1.13 bits per heavy atom. The molecule has 4 aromatic rings. The lowest BCUT2D eigenvalue weighted by Gasteiger charge is -2.31. The van der Waals surface area contributed by atoms with Gasteiger partial charge >= 0.3 is 0 Å². The molecule has 0 radical (unpaired) electrons. The van der Waals surface area contributed by atoms with Crippen molar-refractivity contribution in [2.75, 3.05) is 32.3 Å². The van der Waals surface area contributed by atoms with Gasteiger partial charge in [-0.3, -0.25) is 4.98 Å². The van der Waals surface area contributed by atoms with Gasteiger partial charge in [0.15, 0.2) is 0 Å². The van der Waals surface area contributed by atoms with Crippen molar-refractivity contribution in [2.24, 2.45) is 11.8 Å². The van der Waals surface area contributed by atoms with Gasteiger partial charge in [-0.2, -0.15) is 4.98 Å². The van der Waals surface area contributed by atoms with Crippen LogP contribution in [-0.4, -0.2) is 69.2 Å². The van der Waals surface area contributed by atoms with Crippen LogP contribution in [0.1, 0.15) is 32.6 Å². The van der Waals surface area contributed by atoms with Gasteiger partial charge in [-0.15, -0.1) is 0 Å². The number of anilines is 1. The lowest BCUT2D eigenvalue weighted by molar-refractivity contribution is 0.0770. The molecular formula is C27H32ClN7O3. The Morgan fingerprint density at radius 3 is 2.71 bits per heavy atom. The van der Waals surface area contributed by atoms with E-state index < -0.39 is 0 Å². The van der Waals surface area contributed by atoms with Crippen molar-refractivity contribution in [2.45, 2.75) is 51.3 Å². The molecule has 200 valence electrons. The van der Waals surface area contributed by atoms with Crippen LogP contribution in [0.3, 0.4) is 0 Å². The summed E-state index contributed by atoms with van der Waals surface area (Å²) >= 11 is 6.38. The van der Waals surface area contributed by atoms with E-state index in [0.29, 0.717) is 35.7 Å². The Labute approximate surface area is 226 Å². The van der Waals surface area contributed by atoms with Crippen molar-refractivity contribution in [3.63, 3.8) is 0 Å². The molecule has 2 fully saturated rings. The summed E-state index contributed by atoms with van der Waals surface area (Å²) in [5.74, 6) is 2.59. The molecule has 10 nitrogen and oxygen atoms in total. The number of pyridine rings is 2. The van der Waals surface area contributed by atoms with E-state index in [1.807, 2.05) is 12.1 Å². The molecule has 1 aliphatic heterocycles. The summed E-state index contributed by atoms with van der Waals surface area (Å²) in [4.78, 5) is 21.0. The smallest absolute Gasteiger partial charge is 0.220 e. The molecule has 1 saturated carbocycles. The quantitative estimate of drug-likeness (QED) is 0.326. The summed E-state index contributed by atoms with van der Waals surface area (Å²) in [6.07, 6.45) is 9.55. The molecule has 2 aliphatic rings. The zero-order valence-electron chi connectivity index (χ0n) is 21.9. The van der Waals surface area contributed by atoms with Gasteiger partial charge in [0.2, 0.25) is 18.2 Å². The van der Waals surface area contributed by atoms with E-state index in [0.717, 1.165) is 40.7 Å². The van der Waals surface area contributed by atoms with E-state index in [2.05, 4.69) is 38.6 Å². The van der Waals surface area contributed by atoms with Crippen LogP contribution < -0.4 is 4.90 Å². The van der Waals surface area contributed by atoms with Crippen molar-refractivity contribution in [3.8, 4) is 22.8 Å². The number of ether oxygens (including phenoxy) is 2. The number of nitrogens with zero attached hydrogens (tertiary/aromatic N) is 7. The van der Waals surface area contributed by atoms with Gasteiger partial charge in [-0.1, -0.05) is 36.5 Å². The van der Waals surface area contributed by atoms with Gasteiger partial charge in [-0.05, 0) is 36.8 Å². The van der Waals surface area contributed by atoms with E-state index in [1.165, 1.54) is 32.1 Å². The van der Waals surface area contributed by atoms with Crippen LogP contribution in [0.25, 0.3) is 33.8 Å². The van der Waals surface area contributed by atoms with E-state index in [9.17, 15) is 0 Å². The predicted molar refractivity (Wildman–Crippen MR) is 144 cm³/mol. The lowest BCUT2D eigenvalue weighted by atomic mass is 9.83. The topological polar surface area (TPSA) is 104 Å². The van der Waals surface area contributed by atoms with Crippen molar-refractivity contribution in [3.05, 3.63) is 35.9 Å². The second-order valence-corrected chi connectivity index (χ2v) is 10.9. The number of hydrogen-bond donors (Lipinski definition) is 0. The minimum atomic E-state index is -0.0339. The summed E-state index contributed by atoms with van der Waals surface area (Å²) < 4.78 is 18.9. The van der Waals surface area contributed by atoms with Crippen LogP contribution >= 0.6 is 11.6 Å². The van der Waals surface area contributed by atoms with Gasteiger partial charge < -0.3 is 23.5 Å². The maximum Gasteiger partial charge on any atom is 0.220 e. The molecule has 0 bridgehead atoms. The highest BCUT2D eigenvalue weighted by molar-refractivity contribution is 6.30. The SMILES string of the molecule is CO[C@@H]1COC[C@H]1N(C)c1nc2cc(-c3ncon3)nc(-c3cncc(Cl)c3)c2n1C[C@H]1CC[C@H](C)CC1. The fourth-order valence-corrected chi connectivity index (χ4v) is 5.93. The summed E-state index contributed by atoms with van der Waals surface area (Å²) in [5, 5.41) is 4.57. The Kier molecular flexibility index (Phi) is 7.03. The van der Waals surface area contributed by atoms with Crippen LogP contribution in [0.2, 0.25) is 5.02 Å². The number of halogens is 1. The molecule has 6 rings (SSSR count). The molecule has 1 aliphatic carbocycles. The fraction of sp³-hybridized carbons (Fsp3) is 0.519. The molecule has 4 aromatic heterocycles. The molecule has 0 N–H and O–H groups in total. The highest BCUT2D eigenvalue weighted by Crippen LogP contribution is 2.37. The summed E-state index contributed by atoms with van der Waals surface area (Å²) in [5.41, 5.74) is 3.85. The number of likely N-dealkylation sites (N-methyl/N-ethyl adjacent to an activating group) is 1. The number of aromatic nitrogens is 6. The average Bonchev–Trinajstić information content (AvgIpc) is 3.69. The van der Waals surface area contributed by atoms with Gasteiger partial charge in [0.1, 0.15) is 11.8 Å². The van der Waals surface area contributed by atoms with E-state index in [-0.39, 0.29) is 12.1 Å². The first-order chi connectivity index (χ1) is 18.5. The molecule has 0 unspecified atom stereocenters. The first-order valence-electron chi connectivity index (χ1n) is 13.1. The molecule has 5 heterocycles. The standard InChI is InChI=1S/C27H32ClN7O3/c1-16-4-6-17(7-5-16)12-35-25-20(32-27(35)34(2)22-13-37-14-23(22)36-3)9-21(26-30-15-38-33-26)31-24(25)18-8-19(28)11-29-10-18/h8-11,15-17,22-23H,4-7,12-14H2,1-3H3/t16-,17-,22-,23-/m1/s1. The second-order valence-electron chi connectivity index (χ2n) is 10.5. The normalized spacial score (nSPS) is 23.8. The number of hydrogen-bond acceptors (Lipinski definition) is 9. The number of methoxy groups -OCH3 is 1. The zero-order valence-corrected chi connectivity index (χ0v) is 22.6. The summed E-state index contributed by atoms with van der Waals surface area (Å²) in [6.45, 7) is 4.34. The second kappa shape index (κ2) is 10.6. The molecule has 2 atom stereocenters. The van der Waals surface area contributed by atoms with E-state index in [4.69, 9.17) is 35.6 Å². The van der Waals surface area contributed by atoms with Crippen molar-refractivity contribution in [1.82, 2.24) is 29.7 Å². The maximum absolute atomic E-state index is 6.38. The number of fused-ring (bicyclic) bond motifs is 1. The third kappa shape index (κ3) is 4.76. The number of rotatable bonds is 7. The summed E-state index contributed by atoms with van der Waals surface area (Å²) in [6, 6.07) is 3.85. The molecule has 1 saturated heterocycles. The lowest BCUT2D eigenvalue weighted by Crippen LogP contribution is -2.43. The van der Waals surface area contributed by atoms with Gasteiger partial charge in [-0.25, -0.2) is 9.97 Å². The van der Waals surface area contributed by atoms with Crippen LogP contribution in [0.15, 0.2) is 35.4 Å². The predicted octanol–water partition coefficient (Wildman–Crippen LogP) is 4.87. The van der Waals surface area contributed by atoms with Crippen LogP contribution in [0.4, 0.5) is 5.95 Å². The monoisotopic (exact) mass is 537 g/mol. The molecule has 38 heavy (non-hydrogen) atoms. The molecular weight excluding hydrogens is 506 g/mol. The van der Waals surface area contributed by atoms with Crippen LogP contribution in [0.5, 0.6) is 0 Å². The Morgan fingerprint density at radius 2 is 1.97 bits per heavy atom. The third-order valence-electron chi connectivity index (χ3n) is 7.96. The summed E-state index contributed by atoms with van der Waals surface area (Å²) in [7, 11) is 3.80. The minimum Gasteiger partial charge on any atom is -0.377 e. The van der Waals surface area contributed by atoms with Gasteiger partial charge in [0.05, 0.1) is 41.0 Å². The van der Waals surface area contributed by atoms with E-state index in [1.54, 1.807) is 19.5 Å². The Balaban J connectivity index is 1.55. The minimum absolute atomic E-state index is 0.0339.